The van der Waals surface area contributed by atoms with Crippen LogP contribution in [0.4, 0.5) is 4.39 Å². The van der Waals surface area contributed by atoms with Gasteiger partial charge in [0.15, 0.2) is 11.6 Å². The van der Waals surface area contributed by atoms with E-state index in [1.54, 1.807) is 37.4 Å². The molecule has 0 amide bonds. The van der Waals surface area contributed by atoms with Crippen LogP contribution in [0, 0.1) is 5.82 Å². The number of aliphatic hydroxyl groups excluding tert-OH is 1. The largest absolute Gasteiger partial charge is 0.494 e. The van der Waals surface area contributed by atoms with Gasteiger partial charge in [-0.1, -0.05) is 24.3 Å². The fourth-order valence-corrected chi connectivity index (χ4v) is 3.53. The van der Waals surface area contributed by atoms with Crippen LogP contribution in [0.1, 0.15) is 12.6 Å². The molecule has 0 saturated heterocycles. The topological polar surface area (TPSA) is 107 Å². The maximum Gasteiger partial charge on any atom is 0.238 e. The first-order valence-corrected chi connectivity index (χ1v) is 10.2. The maximum absolute atomic E-state index is 14.3. The summed E-state index contributed by atoms with van der Waals surface area (Å²) >= 11 is 0. The van der Waals surface area contributed by atoms with Crippen LogP contribution in [-0.4, -0.2) is 30.4 Å². The number of rotatable bonds is 6. The SMILES string of the molecule is CC=Cn1nc(-c2ccc(S(N)(=O)=O)cc2)c(-c2ccc(OC)c(F)c2)c1CO. The molecule has 0 spiro atoms. The molecule has 7 nitrogen and oxygen atoms in total. The number of nitrogens with zero attached hydrogens (tertiary/aromatic N) is 2. The number of hydrogen-bond acceptors (Lipinski definition) is 5. The lowest BCUT2D eigenvalue weighted by molar-refractivity contribution is 0.274. The minimum Gasteiger partial charge on any atom is -0.494 e. The van der Waals surface area contributed by atoms with E-state index in [0.29, 0.717) is 28.1 Å². The van der Waals surface area contributed by atoms with Gasteiger partial charge < -0.3 is 9.84 Å². The molecule has 3 aromatic rings. The van der Waals surface area contributed by atoms with Crippen molar-refractivity contribution >= 4 is 16.2 Å². The first-order valence-electron chi connectivity index (χ1n) is 8.62. The average molecular weight is 417 g/mol. The summed E-state index contributed by atoms with van der Waals surface area (Å²) in [5, 5.41) is 19.6. The Labute approximate surface area is 167 Å². The van der Waals surface area contributed by atoms with E-state index in [4.69, 9.17) is 9.88 Å². The van der Waals surface area contributed by atoms with Crippen molar-refractivity contribution in [1.82, 2.24) is 9.78 Å². The standard InChI is InChI=1S/C20H20FN3O4S/c1-3-10-24-17(12-25)19(14-6-9-18(28-2)16(21)11-14)20(23-24)13-4-7-15(8-5-13)29(22,26)27/h3-11,25H,12H2,1-2H3,(H2,22,26,27). The van der Waals surface area contributed by atoms with Crippen LogP contribution < -0.4 is 9.88 Å². The van der Waals surface area contributed by atoms with E-state index in [9.17, 15) is 17.9 Å². The summed E-state index contributed by atoms with van der Waals surface area (Å²) in [4.78, 5) is -0.0337. The van der Waals surface area contributed by atoms with Crippen molar-refractivity contribution in [2.45, 2.75) is 18.4 Å². The van der Waals surface area contributed by atoms with Gasteiger partial charge in [-0.2, -0.15) is 5.10 Å². The zero-order valence-electron chi connectivity index (χ0n) is 15.8. The molecule has 152 valence electrons. The van der Waals surface area contributed by atoms with Crippen molar-refractivity contribution in [3.63, 3.8) is 0 Å². The van der Waals surface area contributed by atoms with Crippen LogP contribution in [0.5, 0.6) is 5.75 Å². The third-order valence-corrected chi connectivity index (χ3v) is 5.28. The van der Waals surface area contributed by atoms with Crippen LogP contribution in [0.3, 0.4) is 0 Å². The molecular formula is C20H20FN3O4S. The number of nitrogens with two attached hydrogens (primary N) is 1. The van der Waals surface area contributed by atoms with Crippen LogP contribution in [0.15, 0.2) is 53.4 Å². The third kappa shape index (κ3) is 4.07. The van der Waals surface area contributed by atoms with E-state index in [1.165, 1.54) is 36.1 Å². The molecule has 3 rings (SSSR count). The number of aromatic nitrogens is 2. The summed E-state index contributed by atoms with van der Waals surface area (Å²) < 4.78 is 43.8. The second kappa shape index (κ2) is 8.16. The summed E-state index contributed by atoms with van der Waals surface area (Å²) in [5.74, 6) is -0.456. The van der Waals surface area contributed by atoms with Gasteiger partial charge in [-0.3, -0.25) is 0 Å². The highest BCUT2D eigenvalue weighted by Crippen LogP contribution is 2.36. The Morgan fingerprint density at radius 1 is 1.21 bits per heavy atom. The van der Waals surface area contributed by atoms with E-state index in [0.717, 1.165) is 0 Å². The Morgan fingerprint density at radius 2 is 1.86 bits per heavy atom. The summed E-state index contributed by atoms with van der Waals surface area (Å²) in [5.41, 5.74) is 2.52. The van der Waals surface area contributed by atoms with Gasteiger partial charge in [0.25, 0.3) is 0 Å². The zero-order chi connectivity index (χ0) is 21.2. The molecule has 1 heterocycles. The molecule has 0 atom stereocenters. The smallest absolute Gasteiger partial charge is 0.238 e. The second-order valence-corrected chi connectivity index (χ2v) is 7.74. The number of benzene rings is 2. The summed E-state index contributed by atoms with van der Waals surface area (Å²) in [7, 11) is -2.46. The minimum atomic E-state index is -3.83. The minimum absolute atomic E-state index is 0.0337. The highest BCUT2D eigenvalue weighted by atomic mass is 32.2. The highest BCUT2D eigenvalue weighted by Gasteiger charge is 2.21. The van der Waals surface area contributed by atoms with Crippen molar-refractivity contribution in [3.8, 4) is 28.1 Å². The Balaban J connectivity index is 2.25. The molecule has 0 unspecified atom stereocenters. The number of halogens is 1. The second-order valence-electron chi connectivity index (χ2n) is 6.17. The predicted octanol–water partition coefficient (Wildman–Crippen LogP) is 3.00. The first kappa shape index (κ1) is 20.7. The maximum atomic E-state index is 14.3. The molecule has 0 fully saturated rings. The molecule has 29 heavy (non-hydrogen) atoms. The Kier molecular flexibility index (Phi) is 5.83. The van der Waals surface area contributed by atoms with Crippen LogP contribution in [0.25, 0.3) is 28.6 Å². The number of primary sulfonamides is 1. The Bertz CT molecular complexity index is 1170. The van der Waals surface area contributed by atoms with Crippen molar-refractivity contribution < 1.29 is 22.7 Å². The molecule has 9 heteroatoms. The van der Waals surface area contributed by atoms with Crippen molar-refractivity contribution in [1.29, 1.82) is 0 Å². The number of hydrogen-bond donors (Lipinski definition) is 2. The summed E-state index contributed by atoms with van der Waals surface area (Å²) in [6.45, 7) is 1.46. The van der Waals surface area contributed by atoms with Gasteiger partial charge in [0, 0.05) is 17.3 Å². The Hall–Kier alpha value is -3.01. The monoisotopic (exact) mass is 417 g/mol. The fourth-order valence-electron chi connectivity index (χ4n) is 3.02. The lowest BCUT2D eigenvalue weighted by Gasteiger charge is -2.09. The van der Waals surface area contributed by atoms with Gasteiger partial charge in [-0.15, -0.1) is 0 Å². The van der Waals surface area contributed by atoms with E-state index in [-0.39, 0.29) is 17.3 Å². The molecule has 1 aromatic heterocycles. The highest BCUT2D eigenvalue weighted by molar-refractivity contribution is 7.89. The molecule has 0 bridgehead atoms. The number of ether oxygens (including phenoxy) is 1. The summed E-state index contributed by atoms with van der Waals surface area (Å²) in [6, 6.07) is 10.3. The van der Waals surface area contributed by atoms with Gasteiger partial charge in [-0.05, 0) is 36.8 Å². The molecular weight excluding hydrogens is 397 g/mol. The van der Waals surface area contributed by atoms with Gasteiger partial charge in [0.05, 0.1) is 24.3 Å². The van der Waals surface area contributed by atoms with Crippen molar-refractivity contribution in [2.75, 3.05) is 7.11 Å². The number of aliphatic hydroxyl groups is 1. The lowest BCUT2D eigenvalue weighted by atomic mass is 9.98. The number of methoxy groups -OCH3 is 1. The normalized spacial score (nSPS) is 11.9. The quantitative estimate of drug-likeness (QED) is 0.641. The van der Waals surface area contributed by atoms with Crippen LogP contribution in [-0.2, 0) is 16.6 Å². The molecule has 0 radical (unpaired) electrons. The van der Waals surface area contributed by atoms with Gasteiger partial charge >= 0.3 is 0 Å². The van der Waals surface area contributed by atoms with Crippen LogP contribution >= 0.6 is 0 Å². The molecule has 0 aliphatic heterocycles. The van der Waals surface area contributed by atoms with Gasteiger partial charge in [0.1, 0.15) is 5.69 Å². The molecule has 0 aliphatic rings. The molecule has 2 aromatic carbocycles. The molecule has 0 saturated carbocycles. The van der Waals surface area contributed by atoms with E-state index < -0.39 is 15.8 Å². The zero-order valence-corrected chi connectivity index (χ0v) is 16.6. The third-order valence-electron chi connectivity index (χ3n) is 4.35. The number of sulfonamides is 1. The van der Waals surface area contributed by atoms with Gasteiger partial charge in [0.2, 0.25) is 10.0 Å². The summed E-state index contributed by atoms with van der Waals surface area (Å²) in [6.07, 6.45) is 3.41. The number of allylic oxidation sites excluding steroid dienone is 1. The predicted molar refractivity (Wildman–Crippen MR) is 108 cm³/mol. The van der Waals surface area contributed by atoms with Crippen LogP contribution in [0.2, 0.25) is 0 Å². The van der Waals surface area contributed by atoms with Gasteiger partial charge in [-0.25, -0.2) is 22.6 Å². The fraction of sp³-hybridized carbons (Fsp3) is 0.150. The molecule has 0 aliphatic carbocycles. The van der Waals surface area contributed by atoms with Crippen molar-refractivity contribution in [2.24, 2.45) is 5.14 Å². The van der Waals surface area contributed by atoms with E-state index >= 15 is 0 Å². The Morgan fingerprint density at radius 3 is 2.38 bits per heavy atom. The van der Waals surface area contributed by atoms with E-state index in [1.807, 2.05) is 0 Å². The first-order chi connectivity index (χ1) is 13.8. The van der Waals surface area contributed by atoms with E-state index in [2.05, 4.69) is 5.10 Å². The van der Waals surface area contributed by atoms with Crippen molar-refractivity contribution in [3.05, 3.63) is 60.1 Å². The molecule has 3 N–H and O–H groups in total. The lowest BCUT2D eigenvalue weighted by Crippen LogP contribution is -2.11. The average Bonchev–Trinajstić information content (AvgIpc) is 3.06.